The van der Waals surface area contributed by atoms with Crippen LogP contribution >= 0.6 is 0 Å². The number of rotatable bonds is 3. The van der Waals surface area contributed by atoms with Gasteiger partial charge in [0.2, 0.25) is 5.91 Å². The van der Waals surface area contributed by atoms with Gasteiger partial charge in [0.05, 0.1) is 12.2 Å². The van der Waals surface area contributed by atoms with Crippen molar-refractivity contribution in [2.75, 3.05) is 23.3 Å². The number of fused-ring (bicyclic) bond motifs is 1. The van der Waals surface area contributed by atoms with Crippen LogP contribution in [0.15, 0.2) is 34.9 Å². The average molecular weight is 287 g/mol. The fourth-order valence-electron chi connectivity index (χ4n) is 2.12. The van der Waals surface area contributed by atoms with E-state index in [9.17, 15) is 9.59 Å². The van der Waals surface area contributed by atoms with Gasteiger partial charge < -0.3 is 19.5 Å². The van der Waals surface area contributed by atoms with Crippen LogP contribution in [0.5, 0.6) is 5.75 Å². The zero-order valence-electron chi connectivity index (χ0n) is 11.3. The minimum absolute atomic E-state index is 0.0258. The summed E-state index contributed by atoms with van der Waals surface area (Å²) in [5, 5.41) is 6.31. The van der Waals surface area contributed by atoms with E-state index in [-0.39, 0.29) is 19.0 Å². The Morgan fingerprint density at radius 1 is 1.43 bits per heavy atom. The number of nitrogens with zero attached hydrogens (tertiary/aromatic N) is 2. The number of hydrogen-bond donors (Lipinski definition) is 1. The summed E-state index contributed by atoms with van der Waals surface area (Å²) >= 11 is 0. The lowest BCUT2D eigenvalue weighted by Gasteiger charge is -2.28. The SMILES string of the molecule is Cc1cc(NC(=O)CN2CC(=O)Oc3ccccc32)no1. The molecule has 0 aliphatic carbocycles. The molecule has 1 aliphatic rings. The third kappa shape index (κ3) is 2.86. The van der Waals surface area contributed by atoms with Crippen LogP contribution < -0.4 is 15.0 Å². The smallest absolute Gasteiger partial charge is 0.331 e. The van der Waals surface area contributed by atoms with Crippen LogP contribution in [-0.2, 0) is 9.59 Å². The van der Waals surface area contributed by atoms with E-state index in [2.05, 4.69) is 10.5 Å². The van der Waals surface area contributed by atoms with Gasteiger partial charge in [0.15, 0.2) is 11.6 Å². The molecule has 1 aliphatic heterocycles. The number of nitrogens with one attached hydrogen (secondary N) is 1. The molecule has 0 fully saturated rings. The van der Waals surface area contributed by atoms with Crippen molar-refractivity contribution in [3.63, 3.8) is 0 Å². The van der Waals surface area contributed by atoms with E-state index in [0.29, 0.717) is 23.0 Å². The Labute approximate surface area is 120 Å². The molecule has 108 valence electrons. The molecule has 0 bridgehead atoms. The minimum atomic E-state index is -0.390. The Kier molecular flexibility index (Phi) is 3.31. The second-order valence-corrected chi connectivity index (χ2v) is 4.67. The van der Waals surface area contributed by atoms with E-state index < -0.39 is 5.97 Å². The number of esters is 1. The van der Waals surface area contributed by atoms with Gasteiger partial charge in [0.1, 0.15) is 12.3 Å². The second kappa shape index (κ2) is 5.28. The molecular weight excluding hydrogens is 274 g/mol. The van der Waals surface area contributed by atoms with Crippen molar-refractivity contribution in [2.24, 2.45) is 0 Å². The summed E-state index contributed by atoms with van der Waals surface area (Å²) in [5.74, 6) is 0.744. The monoisotopic (exact) mass is 287 g/mol. The predicted octanol–water partition coefficient (Wildman–Crippen LogP) is 1.35. The number of benzene rings is 1. The minimum Gasteiger partial charge on any atom is -0.423 e. The van der Waals surface area contributed by atoms with E-state index in [1.54, 1.807) is 36.1 Å². The summed E-state index contributed by atoms with van der Waals surface area (Å²) in [4.78, 5) is 25.2. The molecule has 1 N–H and O–H groups in total. The molecule has 0 spiro atoms. The third-order valence-corrected chi connectivity index (χ3v) is 2.98. The van der Waals surface area contributed by atoms with Gasteiger partial charge in [-0.3, -0.25) is 4.79 Å². The van der Waals surface area contributed by atoms with Crippen LogP contribution in [0, 0.1) is 6.92 Å². The molecule has 7 heteroatoms. The summed E-state index contributed by atoms with van der Waals surface area (Å²) in [5.41, 5.74) is 0.712. The number of anilines is 2. The first-order valence-electron chi connectivity index (χ1n) is 6.39. The fraction of sp³-hybridized carbons (Fsp3) is 0.214. The Morgan fingerprint density at radius 2 is 2.24 bits per heavy atom. The lowest BCUT2D eigenvalue weighted by molar-refractivity contribution is -0.133. The fourth-order valence-corrected chi connectivity index (χ4v) is 2.12. The van der Waals surface area contributed by atoms with Gasteiger partial charge in [-0.25, -0.2) is 4.79 Å². The normalized spacial score (nSPS) is 13.6. The van der Waals surface area contributed by atoms with Gasteiger partial charge in [-0.15, -0.1) is 0 Å². The zero-order valence-corrected chi connectivity index (χ0v) is 11.3. The molecule has 2 aromatic rings. The zero-order chi connectivity index (χ0) is 14.8. The topological polar surface area (TPSA) is 84.7 Å². The first-order valence-corrected chi connectivity index (χ1v) is 6.39. The highest BCUT2D eigenvalue weighted by Gasteiger charge is 2.25. The van der Waals surface area contributed by atoms with Crippen LogP contribution in [0.3, 0.4) is 0 Å². The Hall–Kier alpha value is -2.83. The van der Waals surface area contributed by atoms with E-state index >= 15 is 0 Å². The summed E-state index contributed by atoms with van der Waals surface area (Å²) in [6, 6.07) is 8.71. The third-order valence-electron chi connectivity index (χ3n) is 2.98. The quantitative estimate of drug-likeness (QED) is 0.677. The molecule has 2 heterocycles. The molecule has 1 aromatic carbocycles. The van der Waals surface area contributed by atoms with E-state index in [1.807, 2.05) is 6.07 Å². The first-order chi connectivity index (χ1) is 10.1. The van der Waals surface area contributed by atoms with Crippen LogP contribution in [0.2, 0.25) is 0 Å². The molecule has 7 nitrogen and oxygen atoms in total. The average Bonchev–Trinajstić information content (AvgIpc) is 2.83. The standard InChI is InChI=1S/C14H13N3O4/c1-9-6-12(16-21-9)15-13(18)7-17-8-14(19)20-11-5-3-2-4-10(11)17/h2-6H,7-8H2,1H3,(H,15,16,18). The predicted molar refractivity (Wildman–Crippen MR) is 74.2 cm³/mol. The molecule has 1 amide bonds. The van der Waals surface area contributed by atoms with Crippen LogP contribution in [0.4, 0.5) is 11.5 Å². The summed E-state index contributed by atoms with van der Waals surface area (Å²) < 4.78 is 10.0. The maximum absolute atomic E-state index is 12.0. The van der Waals surface area contributed by atoms with E-state index in [1.165, 1.54) is 0 Å². The number of hydrogen-bond acceptors (Lipinski definition) is 6. The number of para-hydroxylation sites is 2. The second-order valence-electron chi connectivity index (χ2n) is 4.67. The van der Waals surface area contributed by atoms with Crippen molar-refractivity contribution in [3.05, 3.63) is 36.1 Å². The molecule has 0 unspecified atom stereocenters. The Bertz CT molecular complexity index is 695. The van der Waals surface area contributed by atoms with E-state index in [4.69, 9.17) is 9.26 Å². The first kappa shape index (κ1) is 13.2. The van der Waals surface area contributed by atoms with Crippen molar-refractivity contribution in [3.8, 4) is 5.75 Å². The lowest BCUT2D eigenvalue weighted by atomic mass is 10.2. The molecular formula is C14H13N3O4. The molecule has 1 aromatic heterocycles. The van der Waals surface area contributed by atoms with Gasteiger partial charge in [-0.05, 0) is 19.1 Å². The Balaban J connectivity index is 1.72. The summed E-state index contributed by atoms with van der Waals surface area (Å²) in [6.45, 7) is 1.79. The van der Waals surface area contributed by atoms with Crippen molar-refractivity contribution in [1.29, 1.82) is 0 Å². The lowest BCUT2D eigenvalue weighted by Crippen LogP contribution is -2.41. The van der Waals surface area contributed by atoms with Crippen molar-refractivity contribution in [1.82, 2.24) is 5.16 Å². The van der Waals surface area contributed by atoms with E-state index in [0.717, 1.165) is 0 Å². The van der Waals surface area contributed by atoms with Gasteiger partial charge in [0.25, 0.3) is 0 Å². The number of aryl methyl sites for hydroxylation is 1. The number of carbonyl (C=O) groups is 2. The number of carbonyl (C=O) groups excluding carboxylic acids is 2. The molecule has 0 radical (unpaired) electrons. The highest BCUT2D eigenvalue weighted by molar-refractivity contribution is 5.95. The van der Waals surface area contributed by atoms with Crippen LogP contribution in [0.1, 0.15) is 5.76 Å². The van der Waals surface area contributed by atoms with Crippen LogP contribution in [0.25, 0.3) is 0 Å². The molecule has 0 atom stereocenters. The summed E-state index contributed by atoms with van der Waals surface area (Å²) in [6.07, 6.45) is 0. The molecule has 21 heavy (non-hydrogen) atoms. The molecule has 0 saturated heterocycles. The van der Waals surface area contributed by atoms with Gasteiger partial charge in [-0.1, -0.05) is 17.3 Å². The maximum Gasteiger partial charge on any atom is 0.331 e. The van der Waals surface area contributed by atoms with Crippen molar-refractivity contribution in [2.45, 2.75) is 6.92 Å². The van der Waals surface area contributed by atoms with Gasteiger partial charge in [0, 0.05) is 6.07 Å². The highest BCUT2D eigenvalue weighted by atomic mass is 16.5. The van der Waals surface area contributed by atoms with Crippen molar-refractivity contribution < 1.29 is 18.8 Å². The maximum atomic E-state index is 12.0. The number of ether oxygens (including phenoxy) is 1. The largest absolute Gasteiger partial charge is 0.423 e. The number of amides is 1. The summed E-state index contributed by atoms with van der Waals surface area (Å²) in [7, 11) is 0. The number of aromatic nitrogens is 1. The van der Waals surface area contributed by atoms with Crippen LogP contribution in [-0.4, -0.2) is 30.1 Å². The van der Waals surface area contributed by atoms with Gasteiger partial charge >= 0.3 is 5.97 Å². The Morgan fingerprint density at radius 3 is 3.00 bits per heavy atom. The molecule has 0 saturated carbocycles. The van der Waals surface area contributed by atoms with Gasteiger partial charge in [-0.2, -0.15) is 0 Å². The molecule has 3 rings (SSSR count). The van der Waals surface area contributed by atoms with Crippen molar-refractivity contribution >= 4 is 23.4 Å². The highest BCUT2D eigenvalue weighted by Crippen LogP contribution is 2.31.